The Bertz CT molecular complexity index is 695. The van der Waals surface area contributed by atoms with E-state index in [2.05, 4.69) is 46.4 Å². The summed E-state index contributed by atoms with van der Waals surface area (Å²) in [5.74, 6) is -0.197. The second-order valence-corrected chi connectivity index (χ2v) is 6.79. The zero-order valence-electron chi connectivity index (χ0n) is 14.3. The molecule has 1 aromatic carbocycles. The van der Waals surface area contributed by atoms with E-state index in [0.29, 0.717) is 17.8 Å². The molecule has 0 saturated heterocycles. The topological polar surface area (TPSA) is 62.3 Å². The normalized spacial score (nSPS) is 10.8. The molecule has 0 radical (unpaired) electrons. The van der Waals surface area contributed by atoms with Crippen LogP contribution < -0.4 is 5.32 Å². The van der Waals surface area contributed by atoms with E-state index in [1.54, 1.807) is 12.4 Å². The minimum absolute atomic E-state index is 0.0313. The van der Waals surface area contributed by atoms with Gasteiger partial charge in [-0.3, -0.25) is 9.59 Å². The molecule has 2 aromatic rings. The highest BCUT2D eigenvalue weighted by Crippen LogP contribution is 2.12. The molecule has 5 nitrogen and oxygen atoms in total. The Labute approximate surface area is 146 Å². The number of rotatable bonds is 8. The van der Waals surface area contributed by atoms with Crippen LogP contribution in [0.15, 0.2) is 29.8 Å². The standard InChI is InChI=1S/C18H23N3O2S/c1-13-4-6-15(7-5-13)11-21(3)9-8-17(23)19-10-16(22)18-14(2)20-12-24-18/h4-7,12H,8-11H2,1-3H3,(H,19,23). The number of hydrogen-bond donors (Lipinski definition) is 1. The Morgan fingerprint density at radius 1 is 1.21 bits per heavy atom. The van der Waals surface area contributed by atoms with Crippen LogP contribution in [0.1, 0.15) is 32.9 Å². The number of carbonyl (C=O) groups is 2. The van der Waals surface area contributed by atoms with Crippen LogP contribution in [-0.2, 0) is 11.3 Å². The van der Waals surface area contributed by atoms with Gasteiger partial charge in [0.25, 0.3) is 0 Å². The summed E-state index contributed by atoms with van der Waals surface area (Å²) in [7, 11) is 1.99. The van der Waals surface area contributed by atoms with Gasteiger partial charge in [0.1, 0.15) is 0 Å². The van der Waals surface area contributed by atoms with Gasteiger partial charge in [-0.15, -0.1) is 11.3 Å². The SMILES string of the molecule is Cc1ccc(CN(C)CCC(=O)NCC(=O)c2scnc2C)cc1. The summed E-state index contributed by atoms with van der Waals surface area (Å²) >= 11 is 1.31. The molecule has 0 saturated carbocycles. The smallest absolute Gasteiger partial charge is 0.221 e. The molecule has 0 aliphatic rings. The fourth-order valence-electron chi connectivity index (χ4n) is 2.29. The van der Waals surface area contributed by atoms with Gasteiger partial charge >= 0.3 is 0 Å². The molecule has 0 spiro atoms. The molecule has 0 unspecified atom stereocenters. The van der Waals surface area contributed by atoms with Crippen LogP contribution in [0.3, 0.4) is 0 Å². The van der Waals surface area contributed by atoms with Crippen molar-refractivity contribution in [2.75, 3.05) is 20.1 Å². The number of aryl methyl sites for hydroxylation is 2. The molecule has 2 rings (SSSR count). The van der Waals surface area contributed by atoms with Gasteiger partial charge in [-0.25, -0.2) is 4.98 Å². The fourth-order valence-corrected chi connectivity index (χ4v) is 3.04. The number of carbonyl (C=O) groups excluding carboxylic acids is 2. The van der Waals surface area contributed by atoms with E-state index < -0.39 is 0 Å². The summed E-state index contributed by atoms with van der Waals surface area (Å²) in [6, 6.07) is 8.37. The number of ketones is 1. The van der Waals surface area contributed by atoms with E-state index in [4.69, 9.17) is 0 Å². The van der Waals surface area contributed by atoms with Gasteiger partial charge in [-0.2, -0.15) is 0 Å². The van der Waals surface area contributed by atoms with Gasteiger partial charge in [-0.1, -0.05) is 29.8 Å². The van der Waals surface area contributed by atoms with Crippen LogP contribution in [0.25, 0.3) is 0 Å². The Kier molecular flexibility index (Phi) is 6.63. The highest BCUT2D eigenvalue weighted by atomic mass is 32.1. The van der Waals surface area contributed by atoms with Crippen LogP contribution in [0, 0.1) is 13.8 Å². The Morgan fingerprint density at radius 3 is 2.54 bits per heavy atom. The molecule has 1 N–H and O–H groups in total. The summed E-state index contributed by atoms with van der Waals surface area (Å²) in [4.78, 5) is 30.6. The van der Waals surface area contributed by atoms with Gasteiger partial charge < -0.3 is 10.2 Å². The average Bonchev–Trinajstić information content (AvgIpc) is 2.99. The highest BCUT2D eigenvalue weighted by molar-refractivity contribution is 7.12. The third kappa shape index (κ3) is 5.54. The maximum absolute atomic E-state index is 12.0. The van der Waals surface area contributed by atoms with Crippen molar-refractivity contribution in [3.8, 4) is 0 Å². The number of thiazole rings is 1. The molecular formula is C18H23N3O2S. The minimum Gasteiger partial charge on any atom is -0.349 e. The van der Waals surface area contributed by atoms with Crippen LogP contribution in [0.5, 0.6) is 0 Å². The van der Waals surface area contributed by atoms with Gasteiger partial charge in [0, 0.05) is 19.5 Å². The lowest BCUT2D eigenvalue weighted by Crippen LogP contribution is -2.32. The number of Topliss-reactive ketones (excluding diaryl/α,β-unsaturated/α-hetero) is 1. The lowest BCUT2D eigenvalue weighted by molar-refractivity contribution is -0.121. The van der Waals surface area contributed by atoms with E-state index in [-0.39, 0.29) is 18.2 Å². The van der Waals surface area contributed by atoms with Crippen molar-refractivity contribution in [1.82, 2.24) is 15.2 Å². The van der Waals surface area contributed by atoms with Crippen molar-refractivity contribution in [3.05, 3.63) is 51.5 Å². The molecule has 0 fully saturated rings. The molecule has 1 heterocycles. The minimum atomic E-state index is -0.110. The van der Waals surface area contributed by atoms with Crippen molar-refractivity contribution in [2.45, 2.75) is 26.8 Å². The third-order valence-electron chi connectivity index (χ3n) is 3.74. The quantitative estimate of drug-likeness (QED) is 0.747. The second-order valence-electron chi connectivity index (χ2n) is 5.94. The van der Waals surface area contributed by atoms with Gasteiger partial charge in [0.2, 0.25) is 5.91 Å². The summed E-state index contributed by atoms with van der Waals surface area (Å²) < 4.78 is 0. The molecule has 0 bridgehead atoms. The van der Waals surface area contributed by atoms with Crippen molar-refractivity contribution in [2.24, 2.45) is 0 Å². The van der Waals surface area contributed by atoms with Gasteiger partial charge in [-0.05, 0) is 26.5 Å². The Hall–Kier alpha value is -2.05. The maximum atomic E-state index is 12.0. The molecule has 0 atom stereocenters. The number of amides is 1. The predicted octanol–water partition coefficient (Wildman–Crippen LogP) is 2.58. The molecule has 128 valence electrons. The largest absolute Gasteiger partial charge is 0.349 e. The van der Waals surface area contributed by atoms with Crippen molar-refractivity contribution in [1.29, 1.82) is 0 Å². The first-order chi connectivity index (χ1) is 11.5. The van der Waals surface area contributed by atoms with Crippen molar-refractivity contribution < 1.29 is 9.59 Å². The zero-order chi connectivity index (χ0) is 17.5. The molecule has 0 aliphatic carbocycles. The van der Waals surface area contributed by atoms with Crippen molar-refractivity contribution >= 4 is 23.0 Å². The number of aromatic nitrogens is 1. The summed E-state index contributed by atoms with van der Waals surface area (Å²) in [5.41, 5.74) is 4.82. The van der Waals surface area contributed by atoms with Crippen LogP contribution in [-0.4, -0.2) is 41.7 Å². The Morgan fingerprint density at radius 2 is 1.92 bits per heavy atom. The lowest BCUT2D eigenvalue weighted by atomic mass is 10.1. The predicted molar refractivity (Wildman–Crippen MR) is 96.3 cm³/mol. The van der Waals surface area contributed by atoms with E-state index >= 15 is 0 Å². The van der Waals surface area contributed by atoms with Crippen LogP contribution in [0.4, 0.5) is 0 Å². The third-order valence-corrected chi connectivity index (χ3v) is 4.71. The first kappa shape index (κ1) is 18.3. The lowest BCUT2D eigenvalue weighted by Gasteiger charge is -2.16. The van der Waals surface area contributed by atoms with Crippen LogP contribution >= 0.6 is 11.3 Å². The average molecular weight is 345 g/mol. The molecule has 1 aromatic heterocycles. The monoisotopic (exact) mass is 345 g/mol. The first-order valence-corrected chi connectivity index (χ1v) is 8.77. The highest BCUT2D eigenvalue weighted by Gasteiger charge is 2.13. The summed E-state index contributed by atoms with van der Waals surface area (Å²) in [6.45, 7) is 5.34. The fraction of sp³-hybridized carbons (Fsp3) is 0.389. The van der Waals surface area contributed by atoms with Gasteiger partial charge in [0.15, 0.2) is 5.78 Å². The second kappa shape index (κ2) is 8.70. The number of benzene rings is 1. The van der Waals surface area contributed by atoms with Gasteiger partial charge in [0.05, 0.1) is 22.6 Å². The van der Waals surface area contributed by atoms with E-state index in [1.807, 2.05) is 7.05 Å². The first-order valence-electron chi connectivity index (χ1n) is 7.90. The van der Waals surface area contributed by atoms with Crippen LogP contribution in [0.2, 0.25) is 0 Å². The number of hydrogen-bond acceptors (Lipinski definition) is 5. The molecular weight excluding hydrogens is 322 g/mol. The number of nitrogens with one attached hydrogen (secondary N) is 1. The van der Waals surface area contributed by atoms with Crippen molar-refractivity contribution in [3.63, 3.8) is 0 Å². The molecule has 6 heteroatoms. The van der Waals surface area contributed by atoms with E-state index in [1.165, 1.54) is 22.5 Å². The maximum Gasteiger partial charge on any atom is 0.221 e. The Balaban J connectivity index is 1.70. The molecule has 24 heavy (non-hydrogen) atoms. The molecule has 0 aliphatic heterocycles. The van der Waals surface area contributed by atoms with E-state index in [0.717, 1.165) is 12.2 Å². The summed E-state index contributed by atoms with van der Waals surface area (Å²) in [6.07, 6.45) is 0.372. The zero-order valence-corrected chi connectivity index (χ0v) is 15.2. The molecule has 1 amide bonds. The summed E-state index contributed by atoms with van der Waals surface area (Å²) in [5, 5.41) is 2.69. The van der Waals surface area contributed by atoms with E-state index in [9.17, 15) is 9.59 Å². The number of nitrogens with zero attached hydrogens (tertiary/aromatic N) is 2.